The highest BCUT2D eigenvalue weighted by Crippen LogP contribution is 2.49. The molecule has 0 aliphatic carbocycles. The van der Waals surface area contributed by atoms with Crippen LogP contribution in [0.1, 0.15) is 41.3 Å². The van der Waals surface area contributed by atoms with Crippen LogP contribution in [0.2, 0.25) is 10.0 Å². The minimum absolute atomic E-state index is 0.0756. The summed E-state index contributed by atoms with van der Waals surface area (Å²) in [5, 5.41) is 8.09. The van der Waals surface area contributed by atoms with Crippen molar-refractivity contribution in [2.75, 3.05) is 0 Å². The Labute approximate surface area is 210 Å². The van der Waals surface area contributed by atoms with Crippen molar-refractivity contribution in [1.82, 2.24) is 9.78 Å². The number of hydrogen-bond acceptors (Lipinski definition) is 4. The van der Waals surface area contributed by atoms with Crippen LogP contribution < -0.4 is 5.73 Å². The van der Waals surface area contributed by atoms with Crippen molar-refractivity contribution in [2.24, 2.45) is 22.9 Å². The van der Waals surface area contributed by atoms with Crippen molar-refractivity contribution in [3.8, 4) is 0 Å². The second kappa shape index (κ2) is 9.54. The molecule has 0 saturated carbocycles. The van der Waals surface area contributed by atoms with Gasteiger partial charge >= 0.3 is 6.18 Å². The molecule has 0 spiro atoms. The molecule has 1 atom stereocenters. The standard InChI is InChI=1S/C24H22Cl2F3N5O/c1-3-14-8-15(4-5-20(14)22(30)31-13-19-6-7-32-34(19)2)21-12-23(35-33-21,24(27,28)29)16-9-17(25)11-18(26)10-16/h4-11H,3,12-13H2,1-2H3,(H2,30,31). The molecule has 35 heavy (non-hydrogen) atoms. The van der Waals surface area contributed by atoms with E-state index in [2.05, 4.69) is 15.2 Å². The Morgan fingerprint density at radius 2 is 1.89 bits per heavy atom. The molecule has 2 heterocycles. The van der Waals surface area contributed by atoms with E-state index in [0.717, 1.165) is 11.3 Å². The van der Waals surface area contributed by atoms with E-state index in [-0.39, 0.29) is 21.3 Å². The molecule has 4 rings (SSSR count). The van der Waals surface area contributed by atoms with Crippen LogP contribution >= 0.6 is 23.2 Å². The lowest BCUT2D eigenvalue weighted by Gasteiger charge is -2.29. The molecular formula is C24H22Cl2F3N5O. The zero-order chi connectivity index (χ0) is 25.4. The third kappa shape index (κ3) is 4.88. The minimum Gasteiger partial charge on any atom is -0.383 e. The summed E-state index contributed by atoms with van der Waals surface area (Å²) in [7, 11) is 1.82. The number of amidine groups is 1. The third-order valence-corrected chi connectivity index (χ3v) is 6.38. The van der Waals surface area contributed by atoms with Gasteiger partial charge in [0.1, 0.15) is 5.84 Å². The Morgan fingerprint density at radius 3 is 2.49 bits per heavy atom. The van der Waals surface area contributed by atoms with Crippen LogP contribution in [0.15, 0.2) is 58.8 Å². The van der Waals surface area contributed by atoms with Gasteiger partial charge < -0.3 is 10.6 Å². The molecule has 0 radical (unpaired) electrons. The Bertz CT molecular complexity index is 1300. The fourth-order valence-electron chi connectivity index (χ4n) is 3.97. The summed E-state index contributed by atoms with van der Waals surface area (Å²) in [5.74, 6) is 0.331. The van der Waals surface area contributed by atoms with Gasteiger partial charge in [-0.2, -0.15) is 18.3 Å². The number of hydrogen-bond donors (Lipinski definition) is 1. The summed E-state index contributed by atoms with van der Waals surface area (Å²) in [6.45, 7) is 2.28. The molecule has 2 aromatic carbocycles. The zero-order valence-electron chi connectivity index (χ0n) is 18.9. The summed E-state index contributed by atoms with van der Waals surface area (Å²) in [6, 6.07) is 10.8. The summed E-state index contributed by atoms with van der Waals surface area (Å²) in [6.07, 6.45) is -3.02. The smallest absolute Gasteiger partial charge is 0.383 e. The molecule has 11 heteroatoms. The molecule has 0 saturated heterocycles. The van der Waals surface area contributed by atoms with E-state index < -0.39 is 18.2 Å². The van der Waals surface area contributed by atoms with E-state index in [4.69, 9.17) is 33.8 Å². The van der Waals surface area contributed by atoms with Gasteiger partial charge in [-0.15, -0.1) is 0 Å². The van der Waals surface area contributed by atoms with E-state index >= 15 is 0 Å². The predicted octanol–water partition coefficient (Wildman–Crippen LogP) is 5.78. The van der Waals surface area contributed by atoms with Crippen molar-refractivity contribution >= 4 is 34.7 Å². The largest absolute Gasteiger partial charge is 0.435 e. The number of nitrogens with zero attached hydrogens (tertiary/aromatic N) is 4. The van der Waals surface area contributed by atoms with E-state index in [1.165, 1.54) is 18.2 Å². The molecule has 2 N–H and O–H groups in total. The molecule has 0 bridgehead atoms. The fourth-order valence-corrected chi connectivity index (χ4v) is 4.49. The summed E-state index contributed by atoms with van der Waals surface area (Å²) in [5.41, 5.74) is 6.43. The quantitative estimate of drug-likeness (QED) is 0.328. The first-order valence-corrected chi connectivity index (χ1v) is 11.5. The molecular weight excluding hydrogens is 502 g/mol. The van der Waals surface area contributed by atoms with Gasteiger partial charge in [-0.3, -0.25) is 9.67 Å². The topological polar surface area (TPSA) is 77.8 Å². The molecule has 1 aliphatic rings. The van der Waals surface area contributed by atoms with Crippen molar-refractivity contribution < 1.29 is 18.0 Å². The lowest BCUT2D eigenvalue weighted by molar-refractivity contribution is -0.275. The number of oxime groups is 1. The van der Waals surface area contributed by atoms with Crippen molar-refractivity contribution in [3.05, 3.63) is 86.7 Å². The van der Waals surface area contributed by atoms with E-state index in [1.54, 1.807) is 29.1 Å². The average molecular weight is 524 g/mol. The normalized spacial score (nSPS) is 18.5. The lowest BCUT2D eigenvalue weighted by Crippen LogP contribution is -2.42. The summed E-state index contributed by atoms with van der Waals surface area (Å²) < 4.78 is 44.5. The Balaban J connectivity index is 1.64. The van der Waals surface area contributed by atoms with Crippen LogP contribution in [0, 0.1) is 0 Å². The molecule has 3 aromatic rings. The minimum atomic E-state index is -4.76. The molecule has 1 aliphatic heterocycles. The number of aryl methyl sites for hydroxylation is 2. The van der Waals surface area contributed by atoms with Crippen LogP contribution in [-0.4, -0.2) is 27.5 Å². The van der Waals surface area contributed by atoms with Crippen molar-refractivity contribution in [3.63, 3.8) is 0 Å². The average Bonchev–Trinajstić information content (AvgIpc) is 3.43. The van der Waals surface area contributed by atoms with E-state index in [9.17, 15) is 13.2 Å². The molecule has 6 nitrogen and oxygen atoms in total. The van der Waals surface area contributed by atoms with E-state index in [1.807, 2.05) is 20.0 Å². The van der Waals surface area contributed by atoms with Gasteiger partial charge in [0.25, 0.3) is 5.60 Å². The summed E-state index contributed by atoms with van der Waals surface area (Å²) >= 11 is 11.9. The Hall–Kier alpha value is -3.04. The maximum absolute atomic E-state index is 14.3. The molecule has 0 fully saturated rings. The second-order valence-electron chi connectivity index (χ2n) is 8.16. The number of alkyl halides is 3. The van der Waals surface area contributed by atoms with Gasteiger partial charge in [0.2, 0.25) is 0 Å². The monoisotopic (exact) mass is 523 g/mol. The number of halogens is 5. The highest BCUT2D eigenvalue weighted by molar-refractivity contribution is 6.34. The Kier molecular flexibility index (Phi) is 6.83. The van der Waals surface area contributed by atoms with Gasteiger partial charge in [-0.1, -0.05) is 47.4 Å². The molecule has 1 unspecified atom stereocenters. The SMILES string of the molecule is CCc1cc(C2=NOC(c3cc(Cl)cc(Cl)c3)(C(F)(F)F)C2)ccc1C(N)=NCc1ccnn1C. The number of benzene rings is 2. The Morgan fingerprint density at radius 1 is 1.17 bits per heavy atom. The summed E-state index contributed by atoms with van der Waals surface area (Å²) in [4.78, 5) is 9.55. The molecule has 1 aromatic heterocycles. The van der Waals surface area contributed by atoms with Crippen LogP contribution in [0.5, 0.6) is 0 Å². The second-order valence-corrected chi connectivity index (χ2v) is 9.03. The maximum Gasteiger partial charge on any atom is 0.435 e. The van der Waals surface area contributed by atoms with Crippen molar-refractivity contribution in [1.29, 1.82) is 0 Å². The van der Waals surface area contributed by atoms with Crippen LogP contribution in [-0.2, 0) is 30.5 Å². The zero-order valence-corrected chi connectivity index (χ0v) is 20.4. The number of rotatable bonds is 6. The first kappa shape index (κ1) is 25.1. The van der Waals surface area contributed by atoms with Crippen LogP contribution in [0.4, 0.5) is 13.2 Å². The molecule has 184 valence electrons. The van der Waals surface area contributed by atoms with Crippen LogP contribution in [0.25, 0.3) is 0 Å². The first-order chi connectivity index (χ1) is 16.5. The number of aliphatic imine (C=N–C) groups is 1. The fraction of sp³-hybridized carbons (Fsp3) is 0.292. The maximum atomic E-state index is 14.3. The lowest BCUT2D eigenvalue weighted by atomic mass is 9.86. The predicted molar refractivity (Wildman–Crippen MR) is 130 cm³/mol. The van der Waals surface area contributed by atoms with Gasteiger partial charge in [-0.25, -0.2) is 0 Å². The first-order valence-electron chi connectivity index (χ1n) is 10.7. The molecule has 0 amide bonds. The van der Waals surface area contributed by atoms with E-state index in [0.29, 0.717) is 29.9 Å². The van der Waals surface area contributed by atoms with Gasteiger partial charge in [0.05, 0.1) is 18.0 Å². The third-order valence-electron chi connectivity index (χ3n) is 5.94. The number of aromatic nitrogens is 2. The highest BCUT2D eigenvalue weighted by atomic mass is 35.5. The van der Waals surface area contributed by atoms with Gasteiger partial charge in [-0.05, 0) is 47.9 Å². The van der Waals surface area contributed by atoms with Crippen LogP contribution in [0.3, 0.4) is 0 Å². The number of nitrogens with two attached hydrogens (primary N) is 1. The highest BCUT2D eigenvalue weighted by Gasteiger charge is 2.62. The van der Waals surface area contributed by atoms with Gasteiger partial charge in [0, 0.05) is 40.8 Å². The van der Waals surface area contributed by atoms with Gasteiger partial charge in [0.15, 0.2) is 0 Å². The van der Waals surface area contributed by atoms with Crippen molar-refractivity contribution in [2.45, 2.75) is 38.1 Å².